The van der Waals surface area contributed by atoms with Gasteiger partial charge in [0.2, 0.25) is 11.8 Å². The van der Waals surface area contributed by atoms with E-state index in [4.69, 9.17) is 5.26 Å². The highest BCUT2D eigenvalue weighted by Crippen LogP contribution is 2.18. The highest BCUT2D eigenvalue weighted by molar-refractivity contribution is 5.94. The van der Waals surface area contributed by atoms with Gasteiger partial charge in [0.25, 0.3) is 0 Å². The highest BCUT2D eigenvalue weighted by Gasteiger charge is 2.13. The van der Waals surface area contributed by atoms with Gasteiger partial charge < -0.3 is 10.2 Å². The second kappa shape index (κ2) is 8.82. The molecule has 0 spiro atoms. The Bertz CT molecular complexity index is 803. The van der Waals surface area contributed by atoms with Gasteiger partial charge in [-0.25, -0.2) is 0 Å². The summed E-state index contributed by atoms with van der Waals surface area (Å²) < 4.78 is 0. The first-order valence-electron chi connectivity index (χ1n) is 8.58. The lowest BCUT2D eigenvalue weighted by molar-refractivity contribution is -0.117. The summed E-state index contributed by atoms with van der Waals surface area (Å²) in [5.74, 6) is 0.141. The Labute approximate surface area is 154 Å². The maximum Gasteiger partial charge on any atom is 0.226 e. The first-order valence-corrected chi connectivity index (χ1v) is 8.58. The second-order valence-corrected chi connectivity index (χ2v) is 6.40. The zero-order valence-electron chi connectivity index (χ0n) is 15.3. The van der Waals surface area contributed by atoms with Crippen molar-refractivity contribution in [2.24, 2.45) is 0 Å². The summed E-state index contributed by atoms with van der Waals surface area (Å²) in [5.41, 5.74) is 3.16. The van der Waals surface area contributed by atoms with Crippen molar-refractivity contribution in [3.8, 4) is 6.07 Å². The molecule has 5 heteroatoms. The Morgan fingerprint density at radius 2 is 1.69 bits per heavy atom. The number of hydrogen-bond donors (Lipinski definition) is 1. The third kappa shape index (κ3) is 5.18. The summed E-state index contributed by atoms with van der Waals surface area (Å²) in [6, 6.07) is 16.5. The third-order valence-electron chi connectivity index (χ3n) is 4.11. The van der Waals surface area contributed by atoms with Gasteiger partial charge in [-0.3, -0.25) is 9.59 Å². The SMILES string of the molecule is CC(=O)N(CCC(=O)Nc1ccc(C(C)C)cc1)c1ccc(C#N)cc1. The van der Waals surface area contributed by atoms with Crippen LogP contribution >= 0.6 is 0 Å². The summed E-state index contributed by atoms with van der Waals surface area (Å²) in [6.07, 6.45) is 0.186. The topological polar surface area (TPSA) is 73.2 Å². The molecule has 134 valence electrons. The summed E-state index contributed by atoms with van der Waals surface area (Å²) in [7, 11) is 0. The van der Waals surface area contributed by atoms with E-state index in [0.717, 1.165) is 5.69 Å². The van der Waals surface area contributed by atoms with E-state index in [9.17, 15) is 9.59 Å². The normalized spacial score (nSPS) is 10.3. The van der Waals surface area contributed by atoms with Crippen LogP contribution in [0, 0.1) is 11.3 Å². The predicted molar refractivity (Wildman–Crippen MR) is 103 cm³/mol. The number of amides is 2. The van der Waals surface area contributed by atoms with Crippen molar-refractivity contribution in [2.45, 2.75) is 33.1 Å². The molecule has 2 aromatic rings. The van der Waals surface area contributed by atoms with E-state index in [2.05, 4.69) is 19.2 Å². The first-order chi connectivity index (χ1) is 12.4. The fourth-order valence-corrected chi connectivity index (χ4v) is 2.57. The quantitative estimate of drug-likeness (QED) is 0.854. The standard InChI is InChI=1S/C21H23N3O2/c1-15(2)18-6-8-19(9-7-18)23-21(26)12-13-24(16(3)25)20-10-4-17(14-22)5-11-20/h4-11,15H,12-13H2,1-3H3,(H,23,26). The highest BCUT2D eigenvalue weighted by atomic mass is 16.2. The van der Waals surface area contributed by atoms with E-state index in [1.54, 1.807) is 24.3 Å². The maximum absolute atomic E-state index is 12.2. The zero-order valence-corrected chi connectivity index (χ0v) is 15.3. The molecule has 2 amide bonds. The Balaban J connectivity index is 1.96. The number of carbonyl (C=O) groups is 2. The molecule has 5 nitrogen and oxygen atoms in total. The van der Waals surface area contributed by atoms with Crippen LogP contribution < -0.4 is 10.2 Å². The zero-order chi connectivity index (χ0) is 19.1. The minimum atomic E-state index is -0.151. The Kier molecular flexibility index (Phi) is 6.51. The van der Waals surface area contributed by atoms with Crippen LogP contribution in [0.3, 0.4) is 0 Å². The fraction of sp³-hybridized carbons (Fsp3) is 0.286. The summed E-state index contributed by atoms with van der Waals surface area (Å²) >= 11 is 0. The van der Waals surface area contributed by atoms with Crippen molar-refractivity contribution in [2.75, 3.05) is 16.8 Å². The lowest BCUT2D eigenvalue weighted by Crippen LogP contribution is -2.31. The van der Waals surface area contributed by atoms with Gasteiger partial charge in [-0.05, 0) is 47.9 Å². The van der Waals surface area contributed by atoms with Crippen LogP contribution in [0.1, 0.15) is 44.2 Å². The van der Waals surface area contributed by atoms with Gasteiger partial charge in [0, 0.05) is 31.3 Å². The van der Waals surface area contributed by atoms with E-state index in [0.29, 0.717) is 17.2 Å². The van der Waals surface area contributed by atoms with Gasteiger partial charge in [0.05, 0.1) is 11.6 Å². The number of rotatable bonds is 6. The van der Waals surface area contributed by atoms with Crippen molar-refractivity contribution in [1.29, 1.82) is 5.26 Å². The van der Waals surface area contributed by atoms with Crippen molar-refractivity contribution >= 4 is 23.2 Å². The van der Waals surface area contributed by atoms with E-state index >= 15 is 0 Å². The Morgan fingerprint density at radius 1 is 1.08 bits per heavy atom. The minimum Gasteiger partial charge on any atom is -0.326 e. The number of anilines is 2. The molecule has 0 unspecified atom stereocenters. The summed E-state index contributed by atoms with van der Waals surface area (Å²) in [4.78, 5) is 25.6. The van der Waals surface area contributed by atoms with Crippen LogP contribution in [0.4, 0.5) is 11.4 Å². The van der Waals surface area contributed by atoms with Gasteiger partial charge >= 0.3 is 0 Å². The largest absolute Gasteiger partial charge is 0.326 e. The van der Waals surface area contributed by atoms with Gasteiger partial charge in [-0.15, -0.1) is 0 Å². The lowest BCUT2D eigenvalue weighted by atomic mass is 10.0. The molecular weight excluding hydrogens is 326 g/mol. The molecule has 2 aromatic carbocycles. The molecule has 0 fully saturated rings. The molecule has 0 aliphatic heterocycles. The van der Waals surface area contributed by atoms with Crippen molar-refractivity contribution in [3.63, 3.8) is 0 Å². The molecule has 0 radical (unpaired) electrons. The first kappa shape index (κ1) is 19.2. The fourth-order valence-electron chi connectivity index (χ4n) is 2.57. The van der Waals surface area contributed by atoms with Gasteiger partial charge in [0.15, 0.2) is 0 Å². The van der Waals surface area contributed by atoms with Crippen molar-refractivity contribution in [3.05, 3.63) is 59.7 Å². The number of nitriles is 1. The van der Waals surface area contributed by atoms with Crippen LogP contribution in [0.5, 0.6) is 0 Å². The molecule has 0 aliphatic carbocycles. The molecule has 0 aliphatic rings. The molecule has 0 atom stereocenters. The molecule has 2 rings (SSSR count). The van der Waals surface area contributed by atoms with E-state index in [1.165, 1.54) is 17.4 Å². The summed E-state index contributed by atoms with van der Waals surface area (Å²) in [6.45, 7) is 5.97. The van der Waals surface area contributed by atoms with Crippen LogP contribution in [-0.4, -0.2) is 18.4 Å². The lowest BCUT2D eigenvalue weighted by Gasteiger charge is -2.21. The van der Waals surface area contributed by atoms with E-state index in [-0.39, 0.29) is 24.8 Å². The average molecular weight is 349 g/mol. The van der Waals surface area contributed by atoms with Crippen LogP contribution in [-0.2, 0) is 9.59 Å². The molecule has 1 N–H and O–H groups in total. The van der Waals surface area contributed by atoms with Crippen molar-refractivity contribution < 1.29 is 9.59 Å². The second-order valence-electron chi connectivity index (χ2n) is 6.40. The van der Waals surface area contributed by atoms with Gasteiger partial charge in [-0.2, -0.15) is 5.26 Å². The number of benzene rings is 2. The van der Waals surface area contributed by atoms with E-state index < -0.39 is 0 Å². The number of carbonyl (C=O) groups excluding carboxylic acids is 2. The number of hydrogen-bond acceptors (Lipinski definition) is 3. The third-order valence-corrected chi connectivity index (χ3v) is 4.11. The predicted octanol–water partition coefficient (Wildman–Crippen LogP) is 4.06. The molecule has 0 saturated heterocycles. The van der Waals surface area contributed by atoms with Gasteiger partial charge in [-0.1, -0.05) is 26.0 Å². The van der Waals surface area contributed by atoms with Crippen LogP contribution in [0.25, 0.3) is 0 Å². The molecule has 0 bridgehead atoms. The monoisotopic (exact) mass is 349 g/mol. The van der Waals surface area contributed by atoms with E-state index in [1.807, 2.05) is 30.3 Å². The Hall–Kier alpha value is -3.13. The van der Waals surface area contributed by atoms with Gasteiger partial charge in [0.1, 0.15) is 0 Å². The molecule has 26 heavy (non-hydrogen) atoms. The molecule has 0 heterocycles. The molecule has 0 aromatic heterocycles. The summed E-state index contributed by atoms with van der Waals surface area (Å²) in [5, 5.41) is 11.7. The molecule has 0 saturated carbocycles. The molecular formula is C21H23N3O2. The minimum absolute atomic E-state index is 0.149. The van der Waals surface area contributed by atoms with Crippen LogP contribution in [0.2, 0.25) is 0 Å². The van der Waals surface area contributed by atoms with Crippen LogP contribution in [0.15, 0.2) is 48.5 Å². The van der Waals surface area contributed by atoms with Crippen molar-refractivity contribution in [1.82, 2.24) is 0 Å². The number of nitrogens with one attached hydrogen (secondary N) is 1. The smallest absolute Gasteiger partial charge is 0.226 e. The average Bonchev–Trinajstić information content (AvgIpc) is 2.62. The number of nitrogens with zero attached hydrogens (tertiary/aromatic N) is 2. The Morgan fingerprint density at radius 3 is 2.19 bits per heavy atom. The maximum atomic E-state index is 12.2.